The molecule has 80 valence electrons. The molecular weight excluding hydrogens is 229 g/mol. The summed E-state index contributed by atoms with van der Waals surface area (Å²) in [4.78, 5) is 0. The quantitative estimate of drug-likeness (QED) is 0.797. The molecule has 15 heavy (non-hydrogen) atoms. The number of hydrogen-bond acceptors (Lipinski definition) is 1. The third-order valence-corrected chi connectivity index (χ3v) is 4.58. The van der Waals surface area contributed by atoms with Gasteiger partial charge in [0.25, 0.3) is 0 Å². The van der Waals surface area contributed by atoms with Crippen molar-refractivity contribution in [3.63, 3.8) is 0 Å². The lowest BCUT2D eigenvalue weighted by Gasteiger charge is -2.23. The Morgan fingerprint density at radius 3 is 2.87 bits per heavy atom. The number of rotatable bonds is 1. The predicted molar refractivity (Wildman–Crippen MR) is 63.7 cm³/mol. The van der Waals surface area contributed by atoms with E-state index >= 15 is 0 Å². The Morgan fingerprint density at radius 1 is 1.27 bits per heavy atom. The molecule has 2 atom stereocenters. The number of piperidine rings is 1. The second-order valence-electron chi connectivity index (χ2n) is 4.65. The fourth-order valence-corrected chi connectivity index (χ4v) is 3.12. The average Bonchev–Trinajstić information content (AvgIpc) is 2.97. The highest BCUT2D eigenvalue weighted by Crippen LogP contribution is 2.57. The zero-order valence-electron chi connectivity index (χ0n) is 8.39. The molecule has 1 aromatic carbocycles. The van der Waals surface area contributed by atoms with Crippen molar-refractivity contribution >= 4 is 23.2 Å². The normalized spacial score (nSPS) is 33.6. The Kier molecular flexibility index (Phi) is 2.24. The molecule has 1 nitrogen and oxygen atoms in total. The Balaban J connectivity index is 1.96. The summed E-state index contributed by atoms with van der Waals surface area (Å²) in [6, 6.07) is 6.08. The van der Waals surface area contributed by atoms with E-state index in [4.69, 9.17) is 23.2 Å². The van der Waals surface area contributed by atoms with E-state index in [1.165, 1.54) is 18.4 Å². The summed E-state index contributed by atoms with van der Waals surface area (Å²) in [5.41, 5.74) is 1.72. The molecule has 0 aromatic heterocycles. The van der Waals surface area contributed by atoms with Gasteiger partial charge in [0.1, 0.15) is 0 Å². The highest BCUT2D eigenvalue weighted by molar-refractivity contribution is 6.42. The van der Waals surface area contributed by atoms with Gasteiger partial charge in [-0.25, -0.2) is 0 Å². The van der Waals surface area contributed by atoms with Crippen LogP contribution in [0.15, 0.2) is 18.2 Å². The van der Waals surface area contributed by atoms with Gasteiger partial charge in [-0.1, -0.05) is 29.3 Å². The van der Waals surface area contributed by atoms with Crippen molar-refractivity contribution < 1.29 is 0 Å². The summed E-state index contributed by atoms with van der Waals surface area (Å²) in [6.45, 7) is 2.25. The van der Waals surface area contributed by atoms with Crippen molar-refractivity contribution in [2.75, 3.05) is 13.1 Å². The van der Waals surface area contributed by atoms with Gasteiger partial charge >= 0.3 is 0 Å². The maximum atomic E-state index is 6.06. The van der Waals surface area contributed by atoms with Crippen molar-refractivity contribution in [1.29, 1.82) is 0 Å². The van der Waals surface area contributed by atoms with E-state index in [0.717, 1.165) is 19.0 Å². The minimum absolute atomic E-state index is 0.368. The molecule has 1 aliphatic carbocycles. The standard InChI is InChI=1S/C12H13Cl2N/c13-10-2-1-8(5-11(10)14)12-6-9(12)3-4-15-7-12/h1-2,5,9,15H,3-4,6-7H2/t9-,12+/m0/s1. The van der Waals surface area contributed by atoms with Gasteiger partial charge in [-0.05, 0) is 43.0 Å². The van der Waals surface area contributed by atoms with Crippen LogP contribution in [0, 0.1) is 5.92 Å². The summed E-state index contributed by atoms with van der Waals surface area (Å²) >= 11 is 12.0. The predicted octanol–water partition coefficient (Wildman–Crippen LogP) is 3.24. The first-order chi connectivity index (χ1) is 7.22. The van der Waals surface area contributed by atoms with E-state index in [0.29, 0.717) is 15.5 Å². The molecule has 1 N–H and O–H groups in total. The fourth-order valence-electron chi connectivity index (χ4n) is 2.82. The van der Waals surface area contributed by atoms with E-state index in [2.05, 4.69) is 11.4 Å². The Bertz CT molecular complexity index is 405. The van der Waals surface area contributed by atoms with Crippen LogP contribution in [0.3, 0.4) is 0 Å². The van der Waals surface area contributed by atoms with Crippen molar-refractivity contribution in [3.8, 4) is 0 Å². The topological polar surface area (TPSA) is 12.0 Å². The van der Waals surface area contributed by atoms with E-state index in [-0.39, 0.29) is 0 Å². The van der Waals surface area contributed by atoms with E-state index in [9.17, 15) is 0 Å². The second-order valence-corrected chi connectivity index (χ2v) is 5.47. The van der Waals surface area contributed by atoms with Crippen LogP contribution in [0.4, 0.5) is 0 Å². The molecule has 1 saturated carbocycles. The number of benzene rings is 1. The monoisotopic (exact) mass is 241 g/mol. The summed E-state index contributed by atoms with van der Waals surface area (Å²) in [6.07, 6.45) is 2.60. The van der Waals surface area contributed by atoms with Crippen LogP contribution in [0.1, 0.15) is 18.4 Å². The van der Waals surface area contributed by atoms with E-state index in [1.807, 2.05) is 12.1 Å². The van der Waals surface area contributed by atoms with Gasteiger partial charge in [-0.3, -0.25) is 0 Å². The highest BCUT2D eigenvalue weighted by atomic mass is 35.5. The van der Waals surface area contributed by atoms with Crippen molar-refractivity contribution in [3.05, 3.63) is 33.8 Å². The van der Waals surface area contributed by atoms with Crippen LogP contribution in [0.5, 0.6) is 0 Å². The average molecular weight is 242 g/mol. The van der Waals surface area contributed by atoms with E-state index in [1.54, 1.807) is 0 Å². The number of hydrogen-bond donors (Lipinski definition) is 1. The summed E-state index contributed by atoms with van der Waals surface area (Å²) in [5.74, 6) is 0.857. The molecule has 2 aliphatic rings. The first-order valence-corrected chi connectivity index (χ1v) is 6.14. The largest absolute Gasteiger partial charge is 0.316 e. The third kappa shape index (κ3) is 1.49. The Hall–Kier alpha value is -0.240. The molecule has 0 spiro atoms. The molecule has 3 heteroatoms. The van der Waals surface area contributed by atoms with Crippen LogP contribution >= 0.6 is 23.2 Å². The molecule has 2 fully saturated rings. The smallest absolute Gasteiger partial charge is 0.0595 e. The first-order valence-electron chi connectivity index (χ1n) is 5.39. The summed E-state index contributed by atoms with van der Waals surface area (Å²) in [5, 5.41) is 4.80. The molecule has 0 amide bonds. The zero-order chi connectivity index (χ0) is 10.5. The van der Waals surface area contributed by atoms with Gasteiger partial charge in [-0.15, -0.1) is 0 Å². The number of fused-ring (bicyclic) bond motifs is 1. The minimum atomic E-state index is 0.368. The highest BCUT2D eigenvalue weighted by Gasteiger charge is 2.55. The van der Waals surface area contributed by atoms with Crippen LogP contribution in [0.25, 0.3) is 0 Å². The van der Waals surface area contributed by atoms with Crippen LogP contribution in [-0.2, 0) is 5.41 Å². The fraction of sp³-hybridized carbons (Fsp3) is 0.500. The lowest BCUT2D eigenvalue weighted by molar-refractivity contribution is 0.447. The Labute approximate surface area is 99.8 Å². The Morgan fingerprint density at radius 2 is 2.13 bits per heavy atom. The first kappa shape index (κ1) is 9.95. The van der Waals surface area contributed by atoms with Gasteiger partial charge in [0, 0.05) is 12.0 Å². The van der Waals surface area contributed by atoms with Crippen LogP contribution in [0.2, 0.25) is 10.0 Å². The van der Waals surface area contributed by atoms with Gasteiger partial charge in [-0.2, -0.15) is 0 Å². The molecule has 3 rings (SSSR count). The summed E-state index contributed by atoms with van der Waals surface area (Å²) < 4.78 is 0. The summed E-state index contributed by atoms with van der Waals surface area (Å²) in [7, 11) is 0. The molecule has 1 aromatic rings. The van der Waals surface area contributed by atoms with Gasteiger partial charge in [0.15, 0.2) is 0 Å². The molecule has 1 saturated heterocycles. The molecule has 1 aliphatic heterocycles. The van der Waals surface area contributed by atoms with Crippen molar-refractivity contribution in [1.82, 2.24) is 5.32 Å². The van der Waals surface area contributed by atoms with Gasteiger partial charge in [0.2, 0.25) is 0 Å². The van der Waals surface area contributed by atoms with Crippen molar-refractivity contribution in [2.24, 2.45) is 5.92 Å². The molecule has 0 radical (unpaired) electrons. The maximum Gasteiger partial charge on any atom is 0.0595 e. The van der Waals surface area contributed by atoms with Crippen molar-refractivity contribution in [2.45, 2.75) is 18.3 Å². The third-order valence-electron chi connectivity index (χ3n) is 3.84. The van der Waals surface area contributed by atoms with E-state index < -0.39 is 0 Å². The van der Waals surface area contributed by atoms with Crippen LogP contribution in [-0.4, -0.2) is 13.1 Å². The maximum absolute atomic E-state index is 6.06. The minimum Gasteiger partial charge on any atom is -0.316 e. The van der Waals surface area contributed by atoms with Crippen LogP contribution < -0.4 is 5.32 Å². The number of nitrogens with one attached hydrogen (secondary N) is 1. The van der Waals surface area contributed by atoms with Gasteiger partial charge in [0.05, 0.1) is 10.0 Å². The van der Waals surface area contributed by atoms with Gasteiger partial charge < -0.3 is 5.32 Å². The molecule has 0 bridgehead atoms. The second kappa shape index (κ2) is 3.38. The lowest BCUT2D eigenvalue weighted by atomic mass is 9.90. The number of halogens is 2. The molecule has 0 unspecified atom stereocenters. The SMILES string of the molecule is Clc1ccc([C@@]23CNCC[C@H]2C3)cc1Cl. The molecule has 1 heterocycles. The lowest BCUT2D eigenvalue weighted by Crippen LogP contribution is -2.34. The zero-order valence-corrected chi connectivity index (χ0v) is 9.91. The molecular formula is C12H13Cl2N.